The van der Waals surface area contributed by atoms with Crippen molar-refractivity contribution in [2.24, 2.45) is 5.16 Å². The first-order valence-electron chi connectivity index (χ1n) is 7.54. The molecule has 1 aliphatic heterocycles. The Morgan fingerprint density at radius 1 is 1.32 bits per heavy atom. The van der Waals surface area contributed by atoms with E-state index in [0.29, 0.717) is 33.4 Å². The highest BCUT2D eigenvalue weighted by molar-refractivity contribution is 6.33. The normalized spacial score (nSPS) is 15.2. The molecule has 2 aromatic rings. The minimum Gasteiger partial charge on any atom is -0.462 e. The van der Waals surface area contributed by atoms with Crippen LogP contribution in [0.5, 0.6) is 0 Å². The fourth-order valence-corrected chi connectivity index (χ4v) is 2.49. The molecule has 25 heavy (non-hydrogen) atoms. The largest absolute Gasteiger partial charge is 0.462 e. The van der Waals surface area contributed by atoms with Gasteiger partial charge in [0, 0.05) is 5.56 Å². The molecule has 2 heterocycles. The number of halogens is 1. The SMILES string of the molecule is CCOC(=O)c1cc(-c2ccc(/C=C3\C(=O)ON=C3C)o2)ccc1Cl. The van der Waals surface area contributed by atoms with Crippen LogP contribution in [0.1, 0.15) is 30.0 Å². The van der Waals surface area contributed by atoms with Crippen molar-refractivity contribution in [3.05, 3.63) is 52.3 Å². The van der Waals surface area contributed by atoms with Gasteiger partial charge in [0.15, 0.2) is 0 Å². The van der Waals surface area contributed by atoms with E-state index in [2.05, 4.69) is 9.99 Å². The lowest BCUT2D eigenvalue weighted by atomic mass is 10.1. The van der Waals surface area contributed by atoms with Gasteiger partial charge in [-0.3, -0.25) is 0 Å². The second-order valence-electron chi connectivity index (χ2n) is 5.23. The number of hydrogen-bond acceptors (Lipinski definition) is 6. The molecule has 0 saturated heterocycles. The van der Waals surface area contributed by atoms with Crippen molar-refractivity contribution < 1.29 is 23.6 Å². The number of oxime groups is 1. The first-order chi connectivity index (χ1) is 12.0. The van der Waals surface area contributed by atoms with Crippen LogP contribution in [-0.4, -0.2) is 24.3 Å². The summed E-state index contributed by atoms with van der Waals surface area (Å²) in [6, 6.07) is 8.39. The van der Waals surface area contributed by atoms with Crippen LogP contribution in [0.25, 0.3) is 17.4 Å². The van der Waals surface area contributed by atoms with Crippen LogP contribution in [0.2, 0.25) is 5.02 Å². The van der Waals surface area contributed by atoms with E-state index in [-0.39, 0.29) is 12.2 Å². The van der Waals surface area contributed by atoms with Gasteiger partial charge in [0.25, 0.3) is 0 Å². The standard InChI is InChI=1S/C18H14ClNO5/c1-3-23-17(21)14-8-11(4-6-15(14)19)16-7-5-12(24-16)9-13-10(2)20-25-18(13)22/h4-9H,3H2,1-2H3/b13-9-. The number of carbonyl (C=O) groups excluding carboxylic acids is 2. The summed E-state index contributed by atoms with van der Waals surface area (Å²) in [5.74, 6) is -0.0311. The number of nitrogens with zero attached hydrogens (tertiary/aromatic N) is 1. The fraction of sp³-hybridized carbons (Fsp3) is 0.167. The Morgan fingerprint density at radius 2 is 2.12 bits per heavy atom. The molecule has 1 aromatic heterocycles. The summed E-state index contributed by atoms with van der Waals surface area (Å²) in [5.41, 5.74) is 1.75. The third-order valence-electron chi connectivity index (χ3n) is 3.53. The predicted molar refractivity (Wildman–Crippen MR) is 92.3 cm³/mol. The second-order valence-corrected chi connectivity index (χ2v) is 5.64. The van der Waals surface area contributed by atoms with E-state index in [0.717, 1.165) is 0 Å². The van der Waals surface area contributed by atoms with Gasteiger partial charge in [-0.1, -0.05) is 16.8 Å². The van der Waals surface area contributed by atoms with Crippen molar-refractivity contribution in [3.8, 4) is 11.3 Å². The quantitative estimate of drug-likeness (QED) is 0.466. The number of esters is 1. The zero-order valence-electron chi connectivity index (χ0n) is 13.5. The molecule has 0 radical (unpaired) electrons. The molecule has 0 saturated carbocycles. The smallest absolute Gasteiger partial charge is 0.367 e. The first-order valence-corrected chi connectivity index (χ1v) is 7.92. The van der Waals surface area contributed by atoms with Crippen LogP contribution in [0.3, 0.4) is 0 Å². The van der Waals surface area contributed by atoms with Gasteiger partial charge in [-0.05, 0) is 50.3 Å². The molecule has 7 heteroatoms. The molecular weight excluding hydrogens is 346 g/mol. The molecule has 1 aliphatic rings. The Balaban J connectivity index is 1.91. The number of furan rings is 1. The monoisotopic (exact) mass is 359 g/mol. The highest BCUT2D eigenvalue weighted by atomic mass is 35.5. The summed E-state index contributed by atoms with van der Waals surface area (Å²) >= 11 is 6.06. The molecular formula is C18H14ClNO5. The van der Waals surface area contributed by atoms with Crippen LogP contribution in [-0.2, 0) is 14.4 Å². The van der Waals surface area contributed by atoms with Gasteiger partial charge in [-0.2, -0.15) is 0 Å². The van der Waals surface area contributed by atoms with E-state index in [9.17, 15) is 9.59 Å². The molecule has 128 valence electrons. The van der Waals surface area contributed by atoms with E-state index in [1.54, 1.807) is 50.3 Å². The molecule has 0 fully saturated rings. The summed E-state index contributed by atoms with van der Waals surface area (Å²) in [5, 5.41) is 3.91. The summed E-state index contributed by atoms with van der Waals surface area (Å²) in [7, 11) is 0. The predicted octanol–water partition coefficient (Wildman–Crippen LogP) is 4.09. The molecule has 0 amide bonds. The summed E-state index contributed by atoms with van der Waals surface area (Å²) in [4.78, 5) is 28.1. The van der Waals surface area contributed by atoms with Crippen molar-refractivity contribution in [2.75, 3.05) is 6.61 Å². The topological polar surface area (TPSA) is 78.1 Å². The van der Waals surface area contributed by atoms with Gasteiger partial charge in [0.05, 0.1) is 28.5 Å². The van der Waals surface area contributed by atoms with Gasteiger partial charge in [-0.25, -0.2) is 9.59 Å². The van der Waals surface area contributed by atoms with E-state index in [1.807, 2.05) is 0 Å². The van der Waals surface area contributed by atoms with Gasteiger partial charge < -0.3 is 14.0 Å². The molecule has 3 rings (SSSR count). The number of hydrogen-bond donors (Lipinski definition) is 0. The molecule has 0 bridgehead atoms. The minimum absolute atomic E-state index is 0.259. The molecule has 0 atom stereocenters. The van der Waals surface area contributed by atoms with Crippen molar-refractivity contribution in [1.82, 2.24) is 0 Å². The van der Waals surface area contributed by atoms with Gasteiger partial charge in [0.2, 0.25) is 0 Å². The van der Waals surface area contributed by atoms with E-state index in [1.165, 1.54) is 0 Å². The van der Waals surface area contributed by atoms with E-state index < -0.39 is 11.9 Å². The van der Waals surface area contributed by atoms with Crippen molar-refractivity contribution in [3.63, 3.8) is 0 Å². The number of rotatable bonds is 4. The summed E-state index contributed by atoms with van der Waals surface area (Å²) in [6.45, 7) is 3.65. The number of carbonyl (C=O) groups is 2. The van der Waals surface area contributed by atoms with Crippen LogP contribution in [0, 0.1) is 0 Å². The molecule has 1 aromatic carbocycles. The van der Waals surface area contributed by atoms with Crippen molar-refractivity contribution in [1.29, 1.82) is 0 Å². The summed E-state index contributed by atoms with van der Waals surface area (Å²) in [6.07, 6.45) is 1.56. The molecule has 0 N–H and O–H groups in total. The van der Waals surface area contributed by atoms with Gasteiger partial charge in [0.1, 0.15) is 11.5 Å². The van der Waals surface area contributed by atoms with Crippen LogP contribution in [0.15, 0.2) is 45.5 Å². The number of benzene rings is 1. The molecule has 6 nitrogen and oxygen atoms in total. The lowest BCUT2D eigenvalue weighted by Gasteiger charge is -2.05. The van der Waals surface area contributed by atoms with Crippen molar-refractivity contribution in [2.45, 2.75) is 13.8 Å². The maximum atomic E-state index is 11.9. The minimum atomic E-state index is -0.522. The first kappa shape index (κ1) is 17.0. The van der Waals surface area contributed by atoms with Crippen LogP contribution in [0.4, 0.5) is 0 Å². The third-order valence-corrected chi connectivity index (χ3v) is 3.86. The highest BCUT2D eigenvalue weighted by Gasteiger charge is 2.22. The highest BCUT2D eigenvalue weighted by Crippen LogP contribution is 2.28. The van der Waals surface area contributed by atoms with E-state index in [4.69, 9.17) is 20.8 Å². The lowest BCUT2D eigenvalue weighted by molar-refractivity contribution is -0.136. The lowest BCUT2D eigenvalue weighted by Crippen LogP contribution is -2.05. The van der Waals surface area contributed by atoms with E-state index >= 15 is 0 Å². The summed E-state index contributed by atoms with van der Waals surface area (Å²) < 4.78 is 10.7. The average molecular weight is 360 g/mol. The Labute approximate surface area is 148 Å². The maximum Gasteiger partial charge on any atom is 0.367 e. The molecule has 0 unspecified atom stereocenters. The van der Waals surface area contributed by atoms with Gasteiger partial charge >= 0.3 is 11.9 Å². The third kappa shape index (κ3) is 3.49. The van der Waals surface area contributed by atoms with Crippen molar-refractivity contribution >= 4 is 35.3 Å². The Bertz CT molecular complexity index is 910. The van der Waals surface area contributed by atoms with Crippen LogP contribution >= 0.6 is 11.6 Å². The maximum absolute atomic E-state index is 11.9. The number of ether oxygens (including phenoxy) is 1. The Hall–Kier alpha value is -2.86. The average Bonchev–Trinajstić information content (AvgIpc) is 3.18. The Morgan fingerprint density at radius 3 is 2.80 bits per heavy atom. The molecule has 0 aliphatic carbocycles. The van der Waals surface area contributed by atoms with Crippen LogP contribution < -0.4 is 0 Å². The zero-order valence-corrected chi connectivity index (χ0v) is 14.3. The Kier molecular flexibility index (Phi) is 4.72. The zero-order chi connectivity index (χ0) is 18.0. The second kappa shape index (κ2) is 6.94. The molecule has 0 spiro atoms. The fourth-order valence-electron chi connectivity index (χ4n) is 2.29. The van der Waals surface area contributed by atoms with Gasteiger partial charge in [-0.15, -0.1) is 0 Å².